The second-order valence-corrected chi connectivity index (χ2v) is 3.38. The van der Waals surface area contributed by atoms with Crippen LogP contribution in [0.15, 0.2) is 34.7 Å². The molecule has 1 aromatic heterocycles. The highest BCUT2D eigenvalue weighted by atomic mass is 16.5. The molecule has 2 rings (SSSR count). The second-order valence-electron chi connectivity index (χ2n) is 3.38. The Kier molecular flexibility index (Phi) is 2.83. The molecule has 0 atom stereocenters. The molecule has 0 aliphatic rings. The predicted octanol–water partition coefficient (Wildman–Crippen LogP) is 2.03. The largest absolute Gasteiger partial charge is 0.496 e. The first-order valence-electron chi connectivity index (χ1n) is 4.88. The minimum Gasteiger partial charge on any atom is -0.496 e. The van der Waals surface area contributed by atoms with Gasteiger partial charge in [-0.2, -0.15) is 0 Å². The molecule has 16 heavy (non-hydrogen) atoms. The fraction of sp³-hybridized carbons (Fsp3) is 0.167. The van der Waals surface area contributed by atoms with Gasteiger partial charge in [0, 0.05) is 11.8 Å². The number of methoxy groups -OCH3 is 1. The van der Waals surface area contributed by atoms with Crippen LogP contribution in [-0.4, -0.2) is 12.2 Å². The number of aliphatic hydroxyl groups is 1. The molecule has 0 aliphatic carbocycles. The molecule has 0 unspecified atom stereocenters. The molecule has 3 N–H and O–H groups in total. The molecule has 4 heteroatoms. The van der Waals surface area contributed by atoms with Gasteiger partial charge in [0.15, 0.2) is 0 Å². The van der Waals surface area contributed by atoms with Gasteiger partial charge in [-0.05, 0) is 24.3 Å². The smallest absolute Gasteiger partial charge is 0.138 e. The molecule has 0 aliphatic heterocycles. The molecule has 84 valence electrons. The summed E-state index contributed by atoms with van der Waals surface area (Å²) < 4.78 is 10.7. The maximum atomic E-state index is 8.92. The van der Waals surface area contributed by atoms with Crippen LogP contribution in [0.3, 0.4) is 0 Å². The molecular formula is C12H13NO3. The lowest BCUT2D eigenvalue weighted by atomic mass is 10.1. The van der Waals surface area contributed by atoms with Gasteiger partial charge in [0.25, 0.3) is 0 Å². The summed E-state index contributed by atoms with van der Waals surface area (Å²) in [7, 11) is 1.58. The Balaban J connectivity index is 2.46. The number of furan rings is 1. The lowest BCUT2D eigenvalue weighted by molar-refractivity contribution is 0.248. The van der Waals surface area contributed by atoms with Crippen molar-refractivity contribution in [3.8, 4) is 17.1 Å². The van der Waals surface area contributed by atoms with Gasteiger partial charge in [-0.1, -0.05) is 0 Å². The molecule has 0 saturated carbocycles. The number of aliphatic hydroxyl groups excluding tert-OH is 1. The number of nitrogen functional groups attached to an aromatic ring is 1. The fourth-order valence-corrected chi connectivity index (χ4v) is 1.52. The maximum absolute atomic E-state index is 8.92. The van der Waals surface area contributed by atoms with E-state index in [1.807, 2.05) is 6.07 Å². The summed E-state index contributed by atoms with van der Waals surface area (Å²) in [6.45, 7) is -0.114. The minimum atomic E-state index is -0.114. The third-order valence-corrected chi connectivity index (χ3v) is 2.31. The van der Waals surface area contributed by atoms with Crippen molar-refractivity contribution < 1.29 is 14.3 Å². The van der Waals surface area contributed by atoms with Gasteiger partial charge in [0.2, 0.25) is 0 Å². The zero-order chi connectivity index (χ0) is 11.5. The van der Waals surface area contributed by atoms with Crippen LogP contribution in [0.4, 0.5) is 5.69 Å². The van der Waals surface area contributed by atoms with Crippen LogP contribution >= 0.6 is 0 Å². The van der Waals surface area contributed by atoms with Gasteiger partial charge in [-0.15, -0.1) is 0 Å². The van der Waals surface area contributed by atoms with E-state index in [2.05, 4.69) is 0 Å². The predicted molar refractivity (Wildman–Crippen MR) is 61.0 cm³/mol. The topological polar surface area (TPSA) is 68.6 Å². The minimum absolute atomic E-state index is 0.114. The van der Waals surface area contributed by atoms with Crippen molar-refractivity contribution in [3.05, 3.63) is 36.1 Å². The molecule has 0 saturated heterocycles. The van der Waals surface area contributed by atoms with E-state index in [1.165, 1.54) is 0 Å². The third-order valence-electron chi connectivity index (χ3n) is 2.31. The van der Waals surface area contributed by atoms with E-state index in [4.69, 9.17) is 20.0 Å². The summed E-state index contributed by atoms with van der Waals surface area (Å²) in [6, 6.07) is 8.86. The van der Waals surface area contributed by atoms with Crippen molar-refractivity contribution in [3.63, 3.8) is 0 Å². The van der Waals surface area contributed by atoms with Crippen molar-refractivity contribution in [2.24, 2.45) is 0 Å². The zero-order valence-electron chi connectivity index (χ0n) is 8.93. The van der Waals surface area contributed by atoms with E-state index in [0.29, 0.717) is 23.0 Å². The molecule has 1 aromatic carbocycles. The summed E-state index contributed by atoms with van der Waals surface area (Å²) in [6.07, 6.45) is 0. The van der Waals surface area contributed by atoms with Gasteiger partial charge >= 0.3 is 0 Å². The summed E-state index contributed by atoms with van der Waals surface area (Å²) in [5.74, 6) is 1.83. The SMILES string of the molecule is COc1cc(N)ccc1-c1ccc(CO)o1. The van der Waals surface area contributed by atoms with Gasteiger partial charge in [-0.3, -0.25) is 0 Å². The van der Waals surface area contributed by atoms with Crippen molar-refractivity contribution >= 4 is 5.69 Å². The third kappa shape index (κ3) is 1.87. The average molecular weight is 219 g/mol. The van der Waals surface area contributed by atoms with Crippen molar-refractivity contribution in [1.82, 2.24) is 0 Å². The zero-order valence-corrected chi connectivity index (χ0v) is 8.93. The Morgan fingerprint density at radius 1 is 1.31 bits per heavy atom. The summed E-state index contributed by atoms with van der Waals surface area (Å²) in [5.41, 5.74) is 7.11. The molecule has 0 fully saturated rings. The number of ether oxygens (including phenoxy) is 1. The van der Waals surface area contributed by atoms with E-state index in [0.717, 1.165) is 5.56 Å². The van der Waals surface area contributed by atoms with E-state index < -0.39 is 0 Å². The Bertz CT molecular complexity index is 491. The number of benzene rings is 1. The van der Waals surface area contributed by atoms with Crippen LogP contribution < -0.4 is 10.5 Å². The number of hydrogen-bond acceptors (Lipinski definition) is 4. The molecule has 0 radical (unpaired) electrons. The van der Waals surface area contributed by atoms with Crippen molar-refractivity contribution in [2.45, 2.75) is 6.61 Å². The molecular weight excluding hydrogens is 206 g/mol. The van der Waals surface area contributed by atoms with E-state index in [-0.39, 0.29) is 6.61 Å². The quantitative estimate of drug-likeness (QED) is 0.775. The summed E-state index contributed by atoms with van der Waals surface area (Å²) in [5, 5.41) is 8.92. The van der Waals surface area contributed by atoms with Gasteiger partial charge in [-0.25, -0.2) is 0 Å². The Morgan fingerprint density at radius 2 is 2.12 bits per heavy atom. The monoisotopic (exact) mass is 219 g/mol. The molecule has 1 heterocycles. The molecule has 0 amide bonds. The standard InChI is InChI=1S/C12H13NO3/c1-15-12-6-8(13)2-4-10(12)11-5-3-9(7-14)16-11/h2-6,14H,7,13H2,1H3. The van der Waals surface area contributed by atoms with E-state index in [1.54, 1.807) is 31.4 Å². The fourth-order valence-electron chi connectivity index (χ4n) is 1.52. The van der Waals surface area contributed by atoms with Gasteiger partial charge in [0.1, 0.15) is 23.9 Å². The number of hydrogen-bond donors (Lipinski definition) is 2. The maximum Gasteiger partial charge on any atom is 0.138 e. The van der Waals surface area contributed by atoms with E-state index in [9.17, 15) is 0 Å². The highest BCUT2D eigenvalue weighted by molar-refractivity contribution is 5.69. The highest BCUT2D eigenvalue weighted by Crippen LogP contribution is 2.32. The van der Waals surface area contributed by atoms with Crippen LogP contribution in [0.25, 0.3) is 11.3 Å². The lowest BCUT2D eigenvalue weighted by Gasteiger charge is -2.06. The summed E-state index contributed by atoms with van der Waals surface area (Å²) in [4.78, 5) is 0. The average Bonchev–Trinajstić information content (AvgIpc) is 2.77. The second kappa shape index (κ2) is 4.28. The number of anilines is 1. The molecule has 4 nitrogen and oxygen atoms in total. The first kappa shape index (κ1) is 10.6. The van der Waals surface area contributed by atoms with Gasteiger partial charge < -0.3 is 20.0 Å². The van der Waals surface area contributed by atoms with Crippen molar-refractivity contribution in [1.29, 1.82) is 0 Å². The first-order chi connectivity index (χ1) is 7.74. The molecule has 2 aromatic rings. The lowest BCUT2D eigenvalue weighted by Crippen LogP contribution is -1.90. The molecule has 0 spiro atoms. The van der Waals surface area contributed by atoms with Gasteiger partial charge in [0.05, 0.1) is 12.7 Å². The Hall–Kier alpha value is -1.94. The normalized spacial score (nSPS) is 10.4. The van der Waals surface area contributed by atoms with Crippen LogP contribution in [0.5, 0.6) is 5.75 Å². The van der Waals surface area contributed by atoms with Crippen LogP contribution in [0.1, 0.15) is 5.76 Å². The first-order valence-corrected chi connectivity index (χ1v) is 4.88. The van der Waals surface area contributed by atoms with Crippen LogP contribution in [-0.2, 0) is 6.61 Å². The summed E-state index contributed by atoms with van der Waals surface area (Å²) >= 11 is 0. The Morgan fingerprint density at radius 3 is 2.75 bits per heavy atom. The van der Waals surface area contributed by atoms with Crippen LogP contribution in [0.2, 0.25) is 0 Å². The van der Waals surface area contributed by atoms with Crippen LogP contribution in [0, 0.1) is 0 Å². The Labute approximate surface area is 93.3 Å². The molecule has 0 bridgehead atoms. The number of rotatable bonds is 3. The highest BCUT2D eigenvalue weighted by Gasteiger charge is 2.10. The van der Waals surface area contributed by atoms with Crippen molar-refractivity contribution in [2.75, 3.05) is 12.8 Å². The van der Waals surface area contributed by atoms with E-state index >= 15 is 0 Å². The number of nitrogens with two attached hydrogens (primary N) is 1.